The van der Waals surface area contributed by atoms with Crippen LogP contribution in [0, 0.1) is 0 Å². The fourth-order valence-electron chi connectivity index (χ4n) is 3.18. The Morgan fingerprint density at radius 2 is 1.59 bits per heavy atom. The Morgan fingerprint density at radius 1 is 0.906 bits per heavy atom. The molecule has 0 aliphatic heterocycles. The normalized spacial score (nSPS) is 11.7. The second-order valence-corrected chi connectivity index (χ2v) is 7.29. The first-order chi connectivity index (χ1) is 15.5. The maximum absolute atomic E-state index is 13.1. The number of pyridine rings is 1. The maximum Gasteiger partial charge on any atom is 0.252 e. The van der Waals surface area contributed by atoms with E-state index in [1.54, 1.807) is 24.5 Å². The van der Waals surface area contributed by atoms with Crippen LogP contribution in [0.2, 0.25) is 0 Å². The van der Waals surface area contributed by atoms with Crippen LogP contribution in [0.4, 0.5) is 0 Å². The topological polar surface area (TPSA) is 88.2 Å². The van der Waals surface area contributed by atoms with Gasteiger partial charge >= 0.3 is 0 Å². The predicted octanol–water partition coefficient (Wildman–Crippen LogP) is 3.30. The van der Waals surface area contributed by atoms with E-state index in [0.717, 1.165) is 16.7 Å². The van der Waals surface area contributed by atoms with E-state index in [1.807, 2.05) is 66.7 Å². The molecular weight excluding hydrogens is 402 g/mol. The van der Waals surface area contributed by atoms with E-state index in [4.69, 9.17) is 0 Å². The van der Waals surface area contributed by atoms with E-state index in [-0.39, 0.29) is 24.1 Å². The van der Waals surface area contributed by atoms with Crippen molar-refractivity contribution in [3.05, 3.63) is 101 Å². The molecule has 2 N–H and O–H groups in total. The summed E-state index contributed by atoms with van der Waals surface area (Å²) in [4.78, 5) is 41.1. The summed E-state index contributed by atoms with van der Waals surface area (Å²) in [6, 6.07) is 19.6. The number of carbonyl (C=O) groups is 3. The molecule has 0 aliphatic carbocycles. The average molecular weight is 428 g/mol. The van der Waals surface area contributed by atoms with Crippen molar-refractivity contribution in [2.45, 2.75) is 19.4 Å². The van der Waals surface area contributed by atoms with Gasteiger partial charge in [0, 0.05) is 24.9 Å². The molecule has 2 amide bonds. The summed E-state index contributed by atoms with van der Waals surface area (Å²) in [5, 5.41) is 5.38. The Balaban J connectivity index is 1.80. The number of hydrogen-bond acceptors (Lipinski definition) is 4. The lowest BCUT2D eigenvalue weighted by atomic mass is 10.0. The predicted molar refractivity (Wildman–Crippen MR) is 125 cm³/mol. The van der Waals surface area contributed by atoms with Gasteiger partial charge in [-0.1, -0.05) is 60.7 Å². The van der Waals surface area contributed by atoms with Crippen LogP contribution in [-0.2, 0) is 16.0 Å². The molecule has 32 heavy (non-hydrogen) atoms. The summed E-state index contributed by atoms with van der Waals surface area (Å²) in [5.74, 6) is -0.908. The molecule has 3 aromatic rings. The molecule has 0 fully saturated rings. The number of ketones is 1. The summed E-state index contributed by atoms with van der Waals surface area (Å²) in [5.41, 5.74) is 3.07. The number of nitrogens with one attached hydrogen (secondary N) is 2. The molecule has 1 aromatic heterocycles. The third-order valence-electron chi connectivity index (χ3n) is 4.86. The summed E-state index contributed by atoms with van der Waals surface area (Å²) in [6.45, 7) is 1.21. The van der Waals surface area contributed by atoms with Crippen LogP contribution in [-0.4, -0.2) is 35.2 Å². The zero-order valence-corrected chi connectivity index (χ0v) is 17.8. The minimum atomic E-state index is -0.769. The molecule has 2 aromatic carbocycles. The zero-order chi connectivity index (χ0) is 22.8. The lowest BCUT2D eigenvalue weighted by Crippen LogP contribution is -2.46. The first-order valence-corrected chi connectivity index (χ1v) is 10.3. The lowest BCUT2D eigenvalue weighted by molar-refractivity contribution is -0.124. The third-order valence-corrected chi connectivity index (χ3v) is 4.86. The molecule has 6 nitrogen and oxygen atoms in total. The van der Waals surface area contributed by atoms with Gasteiger partial charge in [-0.3, -0.25) is 19.4 Å². The summed E-state index contributed by atoms with van der Waals surface area (Å²) >= 11 is 0. The third kappa shape index (κ3) is 6.74. The van der Waals surface area contributed by atoms with Crippen molar-refractivity contribution < 1.29 is 14.4 Å². The fraction of sp³-hybridized carbons (Fsp3) is 0.154. The Morgan fingerprint density at radius 3 is 2.31 bits per heavy atom. The van der Waals surface area contributed by atoms with Gasteiger partial charge in [-0.25, -0.2) is 0 Å². The summed E-state index contributed by atoms with van der Waals surface area (Å²) < 4.78 is 0. The Kier molecular flexibility index (Phi) is 8.03. The van der Waals surface area contributed by atoms with Gasteiger partial charge in [0.05, 0.1) is 12.6 Å². The number of nitrogens with zero attached hydrogens (tertiary/aromatic N) is 1. The number of hydrogen-bond donors (Lipinski definition) is 2. The van der Waals surface area contributed by atoms with E-state index in [2.05, 4.69) is 15.6 Å². The number of benzene rings is 2. The SMILES string of the molecule is CC(=O)NCC(=O)[C@H](Cc1ccccc1)NC(=O)c1ccccc1C=Cc1ccncc1. The van der Waals surface area contributed by atoms with Gasteiger partial charge in [-0.05, 0) is 41.3 Å². The van der Waals surface area contributed by atoms with Crippen LogP contribution in [0.3, 0.4) is 0 Å². The van der Waals surface area contributed by atoms with E-state index in [1.165, 1.54) is 6.92 Å². The van der Waals surface area contributed by atoms with Crippen molar-refractivity contribution in [2.75, 3.05) is 6.54 Å². The largest absolute Gasteiger partial charge is 0.349 e. The molecule has 0 saturated carbocycles. The molecule has 0 saturated heterocycles. The molecule has 0 aliphatic rings. The average Bonchev–Trinajstić information content (AvgIpc) is 2.82. The Hall–Kier alpha value is -4.06. The second kappa shape index (κ2) is 11.4. The van der Waals surface area contributed by atoms with E-state index in [9.17, 15) is 14.4 Å². The van der Waals surface area contributed by atoms with Gasteiger partial charge in [-0.15, -0.1) is 0 Å². The summed E-state index contributed by atoms with van der Waals surface area (Å²) in [7, 11) is 0. The van der Waals surface area contributed by atoms with Crippen molar-refractivity contribution in [2.24, 2.45) is 0 Å². The van der Waals surface area contributed by atoms with E-state index < -0.39 is 6.04 Å². The van der Waals surface area contributed by atoms with Crippen LogP contribution >= 0.6 is 0 Å². The van der Waals surface area contributed by atoms with Crippen molar-refractivity contribution in [3.8, 4) is 0 Å². The molecule has 3 rings (SSSR count). The van der Waals surface area contributed by atoms with Gasteiger partial charge in [0.2, 0.25) is 5.91 Å². The van der Waals surface area contributed by atoms with E-state index in [0.29, 0.717) is 12.0 Å². The molecule has 1 atom stereocenters. The minimum absolute atomic E-state index is 0.142. The van der Waals surface area contributed by atoms with Crippen molar-refractivity contribution in [1.82, 2.24) is 15.6 Å². The molecule has 0 unspecified atom stereocenters. The first-order valence-electron chi connectivity index (χ1n) is 10.3. The lowest BCUT2D eigenvalue weighted by Gasteiger charge is -2.19. The Bertz CT molecular complexity index is 1100. The number of rotatable bonds is 9. The van der Waals surface area contributed by atoms with Crippen molar-refractivity contribution in [3.63, 3.8) is 0 Å². The fourth-order valence-corrected chi connectivity index (χ4v) is 3.18. The molecule has 0 bridgehead atoms. The van der Waals surface area contributed by atoms with Crippen LogP contribution < -0.4 is 10.6 Å². The smallest absolute Gasteiger partial charge is 0.252 e. The molecule has 1 heterocycles. The highest BCUT2D eigenvalue weighted by molar-refractivity contribution is 6.01. The van der Waals surface area contributed by atoms with E-state index >= 15 is 0 Å². The highest BCUT2D eigenvalue weighted by Crippen LogP contribution is 2.14. The molecule has 0 spiro atoms. The number of carbonyl (C=O) groups excluding carboxylic acids is 3. The minimum Gasteiger partial charge on any atom is -0.349 e. The number of amides is 2. The van der Waals surface area contributed by atoms with Crippen LogP contribution in [0.15, 0.2) is 79.1 Å². The standard InChI is InChI=1S/C26H25N3O3/c1-19(30)28-18-25(31)24(17-21-7-3-2-4-8-21)29-26(32)23-10-6-5-9-22(23)12-11-20-13-15-27-16-14-20/h2-16,24H,17-18H2,1H3,(H,28,30)(H,29,32)/t24-/m0/s1. The van der Waals surface area contributed by atoms with Crippen LogP contribution in [0.1, 0.15) is 34.0 Å². The second-order valence-electron chi connectivity index (χ2n) is 7.29. The monoisotopic (exact) mass is 427 g/mol. The quantitative estimate of drug-likeness (QED) is 0.549. The van der Waals surface area contributed by atoms with Gasteiger partial charge in [-0.2, -0.15) is 0 Å². The zero-order valence-electron chi connectivity index (χ0n) is 17.8. The molecule has 162 valence electrons. The first kappa shape index (κ1) is 22.6. The Labute approximate surface area is 187 Å². The highest BCUT2D eigenvalue weighted by Gasteiger charge is 2.22. The highest BCUT2D eigenvalue weighted by atomic mass is 16.2. The number of aromatic nitrogens is 1. The summed E-state index contributed by atoms with van der Waals surface area (Å²) in [6.07, 6.45) is 7.49. The van der Waals surface area contributed by atoms with Gasteiger partial charge in [0.1, 0.15) is 0 Å². The molecule has 0 radical (unpaired) electrons. The maximum atomic E-state index is 13.1. The van der Waals surface area contributed by atoms with Crippen molar-refractivity contribution in [1.29, 1.82) is 0 Å². The number of Topliss-reactive ketones (excluding diaryl/α,β-unsaturated/α-hetero) is 1. The van der Waals surface area contributed by atoms with Crippen molar-refractivity contribution >= 4 is 29.7 Å². The molecule has 6 heteroatoms. The van der Waals surface area contributed by atoms with Gasteiger partial charge < -0.3 is 10.6 Å². The van der Waals surface area contributed by atoms with Gasteiger partial charge in [0.25, 0.3) is 5.91 Å². The van der Waals surface area contributed by atoms with Gasteiger partial charge in [0.15, 0.2) is 5.78 Å². The van der Waals surface area contributed by atoms with Crippen LogP contribution in [0.25, 0.3) is 12.2 Å². The molecular formula is C26H25N3O3. The van der Waals surface area contributed by atoms with Crippen LogP contribution in [0.5, 0.6) is 0 Å².